The van der Waals surface area contributed by atoms with Gasteiger partial charge in [-0.2, -0.15) is 11.8 Å². The van der Waals surface area contributed by atoms with Crippen LogP contribution in [0.15, 0.2) is 48.1 Å². The smallest absolute Gasteiger partial charge is 0.223 e. The summed E-state index contributed by atoms with van der Waals surface area (Å²) in [7, 11) is 0. The molecule has 0 radical (unpaired) electrons. The van der Waals surface area contributed by atoms with E-state index in [1.54, 1.807) is 0 Å². The molecule has 3 aliphatic rings. The molecule has 5 heteroatoms. The van der Waals surface area contributed by atoms with Gasteiger partial charge in [-0.25, -0.2) is 0 Å². The number of carbonyl (C=O) groups excluding carboxylic acids is 1. The molecule has 1 heterocycles. The lowest BCUT2D eigenvalue weighted by Crippen LogP contribution is -2.35. The molecule has 0 unspecified atom stereocenters. The summed E-state index contributed by atoms with van der Waals surface area (Å²) in [6.45, 7) is 3.94. The summed E-state index contributed by atoms with van der Waals surface area (Å²) in [4.78, 5) is 14.4. The summed E-state index contributed by atoms with van der Waals surface area (Å²) in [6.07, 6.45) is 12.1. The SMILES string of the molecule is Cc1cccc(C[C@H](O)C=C[C@@H]2[C@H]3CC(CSCCC(=O)N4CCCCC4)=C[C@H]3C[C@H]2O)c1. The van der Waals surface area contributed by atoms with E-state index >= 15 is 0 Å². The molecule has 1 saturated heterocycles. The third-order valence-corrected chi connectivity index (χ3v) is 8.56. The fourth-order valence-electron chi connectivity index (χ4n) is 5.78. The largest absolute Gasteiger partial charge is 0.392 e. The molecule has 0 spiro atoms. The van der Waals surface area contributed by atoms with Crippen LogP contribution in [-0.4, -0.2) is 57.8 Å². The van der Waals surface area contributed by atoms with Crippen molar-refractivity contribution in [2.24, 2.45) is 17.8 Å². The van der Waals surface area contributed by atoms with Crippen molar-refractivity contribution in [3.63, 3.8) is 0 Å². The molecule has 33 heavy (non-hydrogen) atoms. The molecule has 1 saturated carbocycles. The zero-order valence-electron chi connectivity index (χ0n) is 19.9. The zero-order chi connectivity index (χ0) is 23.2. The molecule has 1 aromatic carbocycles. The molecule has 2 aliphatic carbocycles. The van der Waals surface area contributed by atoms with Crippen LogP contribution in [0.2, 0.25) is 0 Å². The first-order valence-corrected chi connectivity index (χ1v) is 13.8. The molecule has 1 aliphatic heterocycles. The molecule has 2 N–H and O–H groups in total. The van der Waals surface area contributed by atoms with Gasteiger partial charge in [-0.1, -0.05) is 53.6 Å². The van der Waals surface area contributed by atoms with Gasteiger partial charge in [0.2, 0.25) is 5.91 Å². The number of likely N-dealkylation sites (tertiary alicyclic amines) is 1. The average Bonchev–Trinajstić information content (AvgIpc) is 3.32. The second-order valence-electron chi connectivity index (χ2n) is 10.1. The summed E-state index contributed by atoms with van der Waals surface area (Å²) in [5.74, 6) is 3.18. The van der Waals surface area contributed by atoms with Crippen LogP contribution in [0.3, 0.4) is 0 Å². The van der Waals surface area contributed by atoms with Gasteiger partial charge in [0.25, 0.3) is 0 Å². The number of nitrogens with zero attached hydrogens (tertiary/aromatic N) is 1. The van der Waals surface area contributed by atoms with Crippen LogP contribution >= 0.6 is 11.8 Å². The molecular weight excluding hydrogens is 430 g/mol. The first-order chi connectivity index (χ1) is 16.0. The third kappa shape index (κ3) is 6.74. The van der Waals surface area contributed by atoms with Crippen LogP contribution in [0, 0.1) is 24.7 Å². The molecule has 0 bridgehead atoms. The van der Waals surface area contributed by atoms with Crippen molar-refractivity contribution in [2.45, 2.75) is 64.1 Å². The summed E-state index contributed by atoms with van der Waals surface area (Å²) < 4.78 is 0. The second kappa shape index (κ2) is 11.7. The Labute approximate surface area is 203 Å². The van der Waals surface area contributed by atoms with Crippen molar-refractivity contribution in [3.8, 4) is 0 Å². The minimum atomic E-state index is -0.528. The maximum Gasteiger partial charge on any atom is 0.223 e. The van der Waals surface area contributed by atoms with E-state index in [1.165, 1.54) is 17.6 Å². The number of hydrogen-bond donors (Lipinski definition) is 2. The van der Waals surface area contributed by atoms with Crippen molar-refractivity contribution in [3.05, 3.63) is 59.2 Å². The maximum atomic E-state index is 12.3. The molecular formula is C28H39NO3S. The van der Waals surface area contributed by atoms with Gasteiger partial charge in [0.15, 0.2) is 0 Å². The number of carbonyl (C=O) groups is 1. The Morgan fingerprint density at radius 2 is 2.09 bits per heavy atom. The Hall–Kier alpha value is -1.56. The van der Waals surface area contributed by atoms with Crippen LogP contribution < -0.4 is 0 Å². The molecule has 180 valence electrons. The number of hydrogen-bond acceptors (Lipinski definition) is 4. The van der Waals surface area contributed by atoms with Crippen molar-refractivity contribution in [1.29, 1.82) is 0 Å². The fraction of sp³-hybridized carbons (Fsp3) is 0.607. The number of aryl methyl sites for hydroxylation is 1. The molecule has 0 aromatic heterocycles. The number of thioether (sulfide) groups is 1. The molecule has 4 rings (SSSR count). The predicted octanol–water partition coefficient (Wildman–Crippen LogP) is 4.53. The molecule has 1 aromatic rings. The minimum Gasteiger partial charge on any atom is -0.392 e. The van der Waals surface area contributed by atoms with Crippen LogP contribution in [0.4, 0.5) is 0 Å². The van der Waals surface area contributed by atoms with Gasteiger partial charge in [-0.05, 0) is 56.4 Å². The van der Waals surface area contributed by atoms with Gasteiger partial charge in [-0.3, -0.25) is 4.79 Å². The lowest BCUT2D eigenvalue weighted by atomic mass is 9.89. The van der Waals surface area contributed by atoms with Crippen molar-refractivity contribution >= 4 is 17.7 Å². The van der Waals surface area contributed by atoms with E-state index in [4.69, 9.17) is 0 Å². The number of benzene rings is 1. The molecule has 4 nitrogen and oxygen atoms in total. The average molecular weight is 470 g/mol. The second-order valence-corrected chi connectivity index (χ2v) is 11.2. The first-order valence-electron chi connectivity index (χ1n) is 12.6. The normalized spacial score (nSPS) is 28.2. The van der Waals surface area contributed by atoms with Gasteiger partial charge in [0.1, 0.15) is 0 Å². The van der Waals surface area contributed by atoms with E-state index in [-0.39, 0.29) is 12.0 Å². The Kier molecular flexibility index (Phi) is 8.72. The van der Waals surface area contributed by atoms with Crippen LogP contribution in [-0.2, 0) is 11.2 Å². The number of fused-ring (bicyclic) bond motifs is 1. The highest BCUT2D eigenvalue weighted by Crippen LogP contribution is 2.47. The highest BCUT2D eigenvalue weighted by atomic mass is 32.2. The predicted molar refractivity (Wildman–Crippen MR) is 136 cm³/mol. The topological polar surface area (TPSA) is 60.8 Å². The summed E-state index contributed by atoms with van der Waals surface area (Å²) in [5.41, 5.74) is 3.81. The van der Waals surface area contributed by atoms with E-state index in [0.29, 0.717) is 30.6 Å². The van der Waals surface area contributed by atoms with Crippen molar-refractivity contribution < 1.29 is 15.0 Å². The Balaban J connectivity index is 1.21. The molecule has 1 amide bonds. The summed E-state index contributed by atoms with van der Waals surface area (Å²) >= 11 is 1.87. The van der Waals surface area contributed by atoms with Gasteiger partial charge < -0.3 is 15.1 Å². The number of piperidine rings is 1. The van der Waals surface area contributed by atoms with Crippen LogP contribution in [0.1, 0.15) is 49.7 Å². The number of aliphatic hydroxyl groups is 2. The lowest BCUT2D eigenvalue weighted by molar-refractivity contribution is -0.131. The van der Waals surface area contributed by atoms with Crippen LogP contribution in [0.25, 0.3) is 0 Å². The van der Waals surface area contributed by atoms with Gasteiger partial charge in [-0.15, -0.1) is 0 Å². The first kappa shape index (κ1) is 24.6. The standard InChI is InChI=1S/C28H39NO3S/c1-20-6-5-7-21(14-20)16-24(30)8-9-25-26-17-22(15-23(26)18-27(25)31)19-33-13-10-28(32)29-11-3-2-4-12-29/h5-9,14-15,23-27,30-31H,2-4,10-13,16-19H2,1H3/t23-,24+,25+,26-,27+/m0/s1. The quantitative estimate of drug-likeness (QED) is 0.412. The number of amides is 1. The molecule has 2 fully saturated rings. The van der Waals surface area contributed by atoms with Crippen molar-refractivity contribution in [2.75, 3.05) is 24.6 Å². The summed E-state index contributed by atoms with van der Waals surface area (Å²) in [5, 5.41) is 21.1. The monoisotopic (exact) mass is 469 g/mol. The highest BCUT2D eigenvalue weighted by molar-refractivity contribution is 7.99. The maximum absolute atomic E-state index is 12.3. The number of aliphatic hydroxyl groups excluding tert-OH is 2. The van der Waals surface area contributed by atoms with Gasteiger partial charge >= 0.3 is 0 Å². The Morgan fingerprint density at radius 1 is 1.27 bits per heavy atom. The van der Waals surface area contributed by atoms with Crippen LogP contribution in [0.5, 0.6) is 0 Å². The minimum absolute atomic E-state index is 0.113. The number of allylic oxidation sites excluding steroid dienone is 1. The zero-order valence-corrected chi connectivity index (χ0v) is 20.7. The van der Waals surface area contributed by atoms with E-state index in [0.717, 1.165) is 55.8 Å². The van der Waals surface area contributed by atoms with E-state index in [9.17, 15) is 15.0 Å². The van der Waals surface area contributed by atoms with Crippen molar-refractivity contribution in [1.82, 2.24) is 4.90 Å². The van der Waals surface area contributed by atoms with E-state index in [1.807, 2.05) is 28.8 Å². The Bertz CT molecular complexity index is 860. The molecule has 5 atom stereocenters. The number of rotatable bonds is 9. The summed E-state index contributed by atoms with van der Waals surface area (Å²) in [6, 6.07) is 8.26. The van der Waals surface area contributed by atoms with E-state index in [2.05, 4.69) is 37.3 Å². The Morgan fingerprint density at radius 3 is 2.88 bits per heavy atom. The fourth-order valence-corrected chi connectivity index (χ4v) is 6.72. The van der Waals surface area contributed by atoms with E-state index < -0.39 is 6.10 Å². The lowest BCUT2D eigenvalue weighted by Gasteiger charge is -2.26. The highest BCUT2D eigenvalue weighted by Gasteiger charge is 2.43. The third-order valence-electron chi connectivity index (χ3n) is 7.49. The van der Waals surface area contributed by atoms with Gasteiger partial charge in [0.05, 0.1) is 12.2 Å². The van der Waals surface area contributed by atoms with Gasteiger partial charge in [0, 0.05) is 43.4 Å².